The molecule has 6 heteroatoms. The largest absolute Gasteiger partial charge is 0.265 e. The van der Waals surface area contributed by atoms with Gasteiger partial charge in [-0.15, -0.1) is 0 Å². The first-order valence-corrected chi connectivity index (χ1v) is 7.09. The van der Waals surface area contributed by atoms with Crippen molar-refractivity contribution < 1.29 is 0 Å². The Kier molecular flexibility index (Phi) is 4.31. The molecule has 0 bridgehead atoms. The van der Waals surface area contributed by atoms with Gasteiger partial charge in [0.25, 0.3) is 0 Å². The van der Waals surface area contributed by atoms with E-state index in [0.717, 1.165) is 11.1 Å². The monoisotopic (exact) mass is 307 g/mol. The van der Waals surface area contributed by atoms with Crippen molar-refractivity contribution in [3.05, 3.63) is 71.3 Å². The molecule has 5 nitrogen and oxygen atoms in total. The molecule has 0 atom stereocenters. The summed E-state index contributed by atoms with van der Waals surface area (Å²) in [6.45, 7) is 0. The lowest BCUT2D eigenvalue weighted by atomic mass is 10.2. The molecule has 0 aliphatic rings. The highest BCUT2D eigenvalue weighted by Gasteiger charge is 2.06. The van der Waals surface area contributed by atoms with Gasteiger partial charge in [0, 0.05) is 24.2 Å². The van der Waals surface area contributed by atoms with E-state index in [2.05, 4.69) is 20.3 Å². The van der Waals surface area contributed by atoms with Crippen molar-refractivity contribution >= 4 is 24.5 Å². The Morgan fingerprint density at radius 3 is 2.64 bits per heavy atom. The van der Waals surface area contributed by atoms with Crippen molar-refractivity contribution in [1.82, 2.24) is 19.9 Å². The quantitative estimate of drug-likeness (QED) is 0.592. The summed E-state index contributed by atoms with van der Waals surface area (Å²) in [7, 11) is 0. The Morgan fingerprint density at radius 1 is 1.09 bits per heavy atom. The number of aromatic amines is 1. The Bertz CT molecular complexity index is 847. The highest BCUT2D eigenvalue weighted by molar-refractivity contribution is 7.71. The zero-order valence-electron chi connectivity index (χ0n) is 11.6. The van der Waals surface area contributed by atoms with Crippen LogP contribution in [0.1, 0.15) is 5.56 Å². The standard InChI is InChI=1S/C16H13N5S/c22-16-20-19-15(14-8-11-17-12-9-14)21(16)18-10-4-7-13-5-2-1-3-6-13/h1-12H,(H,20,22)/b7-4+,18-10?. The molecule has 0 saturated carbocycles. The zero-order chi connectivity index (χ0) is 15.2. The van der Waals surface area contributed by atoms with Gasteiger partial charge in [0.2, 0.25) is 4.77 Å². The first kappa shape index (κ1) is 14.1. The van der Waals surface area contributed by atoms with E-state index in [0.29, 0.717) is 10.6 Å². The Labute approximate surface area is 132 Å². The number of allylic oxidation sites excluding steroid dienone is 1. The maximum Gasteiger partial charge on any atom is 0.216 e. The van der Waals surface area contributed by atoms with E-state index in [1.165, 1.54) is 0 Å². The molecular weight excluding hydrogens is 294 g/mol. The molecule has 0 radical (unpaired) electrons. The number of benzene rings is 1. The van der Waals surface area contributed by atoms with Crippen molar-refractivity contribution in [3.8, 4) is 11.4 Å². The second kappa shape index (κ2) is 6.73. The van der Waals surface area contributed by atoms with E-state index >= 15 is 0 Å². The molecule has 3 aromatic rings. The first-order chi connectivity index (χ1) is 10.8. The summed E-state index contributed by atoms with van der Waals surface area (Å²) < 4.78 is 2.02. The third kappa shape index (κ3) is 3.24. The molecule has 0 amide bonds. The second-order valence-electron chi connectivity index (χ2n) is 4.43. The van der Waals surface area contributed by atoms with Crippen LogP contribution in [0.3, 0.4) is 0 Å². The second-order valence-corrected chi connectivity index (χ2v) is 4.82. The van der Waals surface area contributed by atoms with Gasteiger partial charge in [0.15, 0.2) is 5.82 Å². The van der Waals surface area contributed by atoms with Crippen molar-refractivity contribution in [1.29, 1.82) is 0 Å². The fourth-order valence-electron chi connectivity index (χ4n) is 1.91. The van der Waals surface area contributed by atoms with Crippen molar-refractivity contribution in [2.75, 3.05) is 0 Å². The lowest BCUT2D eigenvalue weighted by molar-refractivity contribution is 0.872. The number of nitrogens with zero attached hydrogens (tertiary/aromatic N) is 4. The third-order valence-electron chi connectivity index (χ3n) is 2.95. The molecule has 108 valence electrons. The topological polar surface area (TPSA) is 58.9 Å². The number of rotatable bonds is 4. The lowest BCUT2D eigenvalue weighted by Gasteiger charge is -1.99. The molecule has 0 fully saturated rings. The third-order valence-corrected chi connectivity index (χ3v) is 3.21. The van der Waals surface area contributed by atoms with E-state index in [4.69, 9.17) is 12.2 Å². The summed E-state index contributed by atoms with van der Waals surface area (Å²) in [5, 5.41) is 11.3. The van der Waals surface area contributed by atoms with Crippen LogP contribution in [0.4, 0.5) is 0 Å². The van der Waals surface area contributed by atoms with Gasteiger partial charge in [-0.2, -0.15) is 14.9 Å². The fraction of sp³-hybridized carbons (Fsp3) is 0. The Balaban J connectivity index is 1.84. The summed E-state index contributed by atoms with van der Waals surface area (Å²) in [6.07, 6.45) is 8.93. The summed E-state index contributed by atoms with van der Waals surface area (Å²) >= 11 is 5.21. The number of hydrogen-bond acceptors (Lipinski definition) is 4. The molecule has 1 aromatic carbocycles. The SMILES string of the molecule is S=c1[nH]nc(-c2ccncc2)n1N=C/C=C/c1ccccc1. The molecule has 0 spiro atoms. The number of nitrogens with one attached hydrogen (secondary N) is 1. The van der Waals surface area contributed by atoms with Crippen LogP contribution in [0.2, 0.25) is 0 Å². The molecule has 0 saturated heterocycles. The molecule has 0 unspecified atom stereocenters. The first-order valence-electron chi connectivity index (χ1n) is 6.68. The minimum absolute atomic E-state index is 0.441. The minimum atomic E-state index is 0.441. The molecular formula is C16H13N5S. The predicted molar refractivity (Wildman–Crippen MR) is 90.0 cm³/mol. The summed E-state index contributed by atoms with van der Waals surface area (Å²) in [5.74, 6) is 0.650. The Hall–Kier alpha value is -2.86. The van der Waals surface area contributed by atoms with Gasteiger partial charge in [-0.05, 0) is 36.0 Å². The molecule has 1 N–H and O–H groups in total. The number of pyridine rings is 1. The van der Waals surface area contributed by atoms with Gasteiger partial charge in [0.05, 0.1) is 0 Å². The average molecular weight is 307 g/mol. The maximum atomic E-state index is 5.21. The number of hydrogen-bond donors (Lipinski definition) is 1. The van der Waals surface area contributed by atoms with Crippen LogP contribution in [0.5, 0.6) is 0 Å². The molecule has 2 aromatic heterocycles. The molecule has 0 aliphatic heterocycles. The number of H-pyrrole nitrogens is 1. The van der Waals surface area contributed by atoms with E-state index in [1.54, 1.807) is 23.3 Å². The van der Waals surface area contributed by atoms with Crippen LogP contribution in [-0.4, -0.2) is 26.1 Å². The van der Waals surface area contributed by atoms with Crippen molar-refractivity contribution in [3.63, 3.8) is 0 Å². The summed E-state index contributed by atoms with van der Waals surface area (Å²) in [6, 6.07) is 13.7. The minimum Gasteiger partial charge on any atom is -0.265 e. The van der Waals surface area contributed by atoms with E-state index < -0.39 is 0 Å². The normalized spacial score (nSPS) is 11.5. The van der Waals surface area contributed by atoms with Crippen LogP contribution < -0.4 is 0 Å². The van der Waals surface area contributed by atoms with Crippen LogP contribution in [0.25, 0.3) is 17.5 Å². The highest BCUT2D eigenvalue weighted by atomic mass is 32.1. The fourth-order valence-corrected chi connectivity index (χ4v) is 2.09. The van der Waals surface area contributed by atoms with Gasteiger partial charge in [0.1, 0.15) is 0 Å². The highest BCUT2D eigenvalue weighted by Crippen LogP contribution is 2.15. The van der Waals surface area contributed by atoms with E-state index in [9.17, 15) is 0 Å². The van der Waals surface area contributed by atoms with Crippen LogP contribution in [-0.2, 0) is 0 Å². The summed E-state index contributed by atoms with van der Waals surface area (Å²) in [4.78, 5) is 3.99. The molecule has 0 aliphatic carbocycles. The van der Waals surface area contributed by atoms with E-state index in [-0.39, 0.29) is 0 Å². The van der Waals surface area contributed by atoms with Gasteiger partial charge >= 0.3 is 0 Å². The molecule has 22 heavy (non-hydrogen) atoms. The smallest absolute Gasteiger partial charge is 0.216 e. The zero-order valence-corrected chi connectivity index (χ0v) is 12.4. The van der Waals surface area contributed by atoms with Gasteiger partial charge in [-0.1, -0.05) is 36.4 Å². The molecule has 2 heterocycles. The van der Waals surface area contributed by atoms with E-state index in [1.807, 2.05) is 54.6 Å². The summed E-state index contributed by atoms with van der Waals surface area (Å²) in [5.41, 5.74) is 2.01. The van der Waals surface area contributed by atoms with Gasteiger partial charge in [-0.25, -0.2) is 5.10 Å². The van der Waals surface area contributed by atoms with Crippen LogP contribution >= 0.6 is 12.2 Å². The van der Waals surface area contributed by atoms with Crippen molar-refractivity contribution in [2.24, 2.45) is 5.10 Å². The number of aromatic nitrogens is 4. The lowest BCUT2D eigenvalue weighted by Crippen LogP contribution is -1.93. The van der Waals surface area contributed by atoms with Gasteiger partial charge in [-0.3, -0.25) is 4.98 Å². The molecule has 3 rings (SSSR count). The van der Waals surface area contributed by atoms with Crippen LogP contribution in [0, 0.1) is 4.77 Å². The average Bonchev–Trinajstić information content (AvgIpc) is 2.94. The van der Waals surface area contributed by atoms with Crippen LogP contribution in [0.15, 0.2) is 66.0 Å². The van der Waals surface area contributed by atoms with Gasteiger partial charge < -0.3 is 0 Å². The predicted octanol–water partition coefficient (Wildman–Crippen LogP) is 3.55. The van der Waals surface area contributed by atoms with Crippen molar-refractivity contribution in [2.45, 2.75) is 0 Å². The maximum absolute atomic E-state index is 5.21. The Morgan fingerprint density at radius 2 is 1.86 bits per heavy atom.